The monoisotopic (exact) mass is 312 g/mol. The van der Waals surface area contributed by atoms with Crippen molar-refractivity contribution in [3.05, 3.63) is 69.5 Å². The summed E-state index contributed by atoms with van der Waals surface area (Å²) in [7, 11) is 0. The summed E-state index contributed by atoms with van der Waals surface area (Å²) in [4.78, 5) is 0. The summed E-state index contributed by atoms with van der Waals surface area (Å²) >= 11 is 0. The lowest BCUT2D eigenvalue weighted by Gasteiger charge is -2.43. The molecule has 23 heavy (non-hydrogen) atoms. The highest BCUT2D eigenvalue weighted by atomic mass is 19.1. The van der Waals surface area contributed by atoms with E-state index in [0.717, 1.165) is 36.8 Å². The average Bonchev–Trinajstić information content (AvgIpc) is 2.52. The van der Waals surface area contributed by atoms with E-state index in [4.69, 9.17) is 0 Å². The molecule has 2 aliphatic rings. The van der Waals surface area contributed by atoms with Gasteiger partial charge in [0.1, 0.15) is 17.0 Å². The molecule has 0 aromatic heterocycles. The number of hydrogen-bond donors (Lipinski definition) is 2. The zero-order valence-corrected chi connectivity index (χ0v) is 13.5. The number of benzene rings is 2. The molecule has 0 spiro atoms. The number of halogens is 1. The Bertz CT molecular complexity index is 806. The molecule has 120 valence electrons. The van der Waals surface area contributed by atoms with Crippen LogP contribution >= 0.6 is 0 Å². The van der Waals surface area contributed by atoms with Gasteiger partial charge in [-0.05, 0) is 67.9 Å². The van der Waals surface area contributed by atoms with Gasteiger partial charge >= 0.3 is 0 Å². The predicted molar refractivity (Wildman–Crippen MR) is 86.8 cm³/mol. The summed E-state index contributed by atoms with van der Waals surface area (Å²) in [6, 6.07) is 8.81. The van der Waals surface area contributed by atoms with Crippen LogP contribution in [0.2, 0.25) is 0 Å². The van der Waals surface area contributed by atoms with Gasteiger partial charge in [0.05, 0.1) is 0 Å². The Morgan fingerprint density at radius 3 is 2.13 bits per heavy atom. The van der Waals surface area contributed by atoms with Crippen molar-refractivity contribution in [1.29, 1.82) is 0 Å². The Morgan fingerprint density at radius 2 is 1.48 bits per heavy atom. The second-order valence-electron chi connectivity index (χ2n) is 7.14. The summed E-state index contributed by atoms with van der Waals surface area (Å²) in [5.74, 6) is -0.416. The second-order valence-corrected chi connectivity index (χ2v) is 7.14. The van der Waals surface area contributed by atoms with Crippen LogP contribution in [0.4, 0.5) is 4.39 Å². The largest absolute Gasteiger partial charge is 0.381 e. The first-order valence-electron chi connectivity index (χ1n) is 8.25. The van der Waals surface area contributed by atoms with Crippen molar-refractivity contribution in [2.24, 2.45) is 0 Å². The molecule has 2 aromatic rings. The zero-order valence-electron chi connectivity index (χ0n) is 13.5. The molecular formula is C20H21FO2. The zero-order chi connectivity index (χ0) is 16.4. The third kappa shape index (κ3) is 1.87. The number of rotatable bonds is 0. The second kappa shape index (κ2) is 4.65. The first-order chi connectivity index (χ1) is 10.8. The van der Waals surface area contributed by atoms with Gasteiger partial charge in [-0.15, -0.1) is 0 Å². The van der Waals surface area contributed by atoms with Crippen LogP contribution in [0.1, 0.15) is 60.1 Å². The van der Waals surface area contributed by atoms with Gasteiger partial charge in [-0.3, -0.25) is 0 Å². The van der Waals surface area contributed by atoms with Crippen LogP contribution in [-0.2, 0) is 24.0 Å². The Hall–Kier alpha value is -1.71. The van der Waals surface area contributed by atoms with E-state index in [1.165, 1.54) is 0 Å². The highest BCUT2D eigenvalue weighted by Gasteiger charge is 2.48. The maximum absolute atomic E-state index is 14.9. The molecule has 0 aliphatic heterocycles. The fraction of sp³-hybridized carbons (Fsp3) is 0.400. The van der Waals surface area contributed by atoms with E-state index < -0.39 is 17.0 Å². The first-order valence-corrected chi connectivity index (χ1v) is 8.25. The molecule has 0 bridgehead atoms. The minimum absolute atomic E-state index is 0.238. The van der Waals surface area contributed by atoms with Crippen LogP contribution in [0.5, 0.6) is 0 Å². The maximum atomic E-state index is 14.9. The number of aliphatic hydroxyl groups is 2. The van der Waals surface area contributed by atoms with E-state index in [1.54, 1.807) is 26.0 Å². The lowest BCUT2D eigenvalue weighted by molar-refractivity contribution is 0.0467. The minimum Gasteiger partial charge on any atom is -0.381 e. The fourth-order valence-electron chi connectivity index (χ4n) is 4.48. The van der Waals surface area contributed by atoms with E-state index >= 15 is 0 Å². The first kappa shape index (κ1) is 14.9. The summed E-state index contributed by atoms with van der Waals surface area (Å²) in [5.41, 5.74) is 1.32. The van der Waals surface area contributed by atoms with Crippen molar-refractivity contribution < 1.29 is 14.6 Å². The number of fused-ring (bicyclic) bond motifs is 4. The van der Waals surface area contributed by atoms with Crippen LogP contribution in [0.25, 0.3) is 0 Å². The third-order valence-corrected chi connectivity index (χ3v) is 5.55. The molecule has 0 saturated heterocycles. The third-order valence-electron chi connectivity index (χ3n) is 5.55. The van der Waals surface area contributed by atoms with Crippen molar-refractivity contribution in [2.45, 2.75) is 50.7 Å². The smallest absolute Gasteiger partial charge is 0.130 e. The number of aryl methyl sites for hydroxylation is 1. The molecule has 3 heteroatoms. The van der Waals surface area contributed by atoms with Crippen molar-refractivity contribution >= 4 is 0 Å². The van der Waals surface area contributed by atoms with Crippen molar-refractivity contribution in [3.63, 3.8) is 0 Å². The van der Waals surface area contributed by atoms with Crippen LogP contribution in [0, 0.1) is 5.82 Å². The van der Waals surface area contributed by atoms with E-state index in [0.29, 0.717) is 16.7 Å². The van der Waals surface area contributed by atoms with Gasteiger partial charge in [0, 0.05) is 11.1 Å². The SMILES string of the molecule is CC1(O)c2ccccc2C(C)(O)c2c3c(cc(F)c21)CCCC3. The number of hydrogen-bond acceptors (Lipinski definition) is 2. The van der Waals surface area contributed by atoms with Gasteiger partial charge in [0.25, 0.3) is 0 Å². The molecule has 0 heterocycles. The molecule has 2 atom stereocenters. The molecule has 2 nitrogen and oxygen atoms in total. The van der Waals surface area contributed by atoms with Crippen molar-refractivity contribution in [2.75, 3.05) is 0 Å². The normalized spacial score (nSPS) is 28.7. The van der Waals surface area contributed by atoms with Crippen LogP contribution < -0.4 is 0 Å². The minimum atomic E-state index is -1.44. The van der Waals surface area contributed by atoms with E-state index in [2.05, 4.69) is 0 Å². The van der Waals surface area contributed by atoms with E-state index in [1.807, 2.05) is 18.2 Å². The molecular weight excluding hydrogens is 291 g/mol. The molecule has 0 radical (unpaired) electrons. The van der Waals surface area contributed by atoms with E-state index in [9.17, 15) is 14.6 Å². The Kier molecular flexibility index (Phi) is 3.00. The highest BCUT2D eigenvalue weighted by Crippen LogP contribution is 2.51. The van der Waals surface area contributed by atoms with Gasteiger partial charge in [-0.2, -0.15) is 0 Å². The van der Waals surface area contributed by atoms with Gasteiger partial charge < -0.3 is 10.2 Å². The molecule has 0 amide bonds. The van der Waals surface area contributed by atoms with Crippen LogP contribution in [-0.4, -0.2) is 10.2 Å². The Labute approximate surface area is 135 Å². The summed E-state index contributed by atoms with van der Waals surface area (Å²) in [5, 5.41) is 22.5. The van der Waals surface area contributed by atoms with Crippen LogP contribution in [0.3, 0.4) is 0 Å². The molecule has 2 unspecified atom stereocenters. The van der Waals surface area contributed by atoms with Crippen molar-refractivity contribution in [1.82, 2.24) is 0 Å². The average molecular weight is 312 g/mol. The lowest BCUT2D eigenvalue weighted by atomic mass is 9.65. The van der Waals surface area contributed by atoms with Crippen LogP contribution in [0.15, 0.2) is 30.3 Å². The fourth-order valence-corrected chi connectivity index (χ4v) is 4.48. The lowest BCUT2D eigenvalue weighted by Crippen LogP contribution is -2.42. The topological polar surface area (TPSA) is 40.5 Å². The van der Waals surface area contributed by atoms with E-state index in [-0.39, 0.29) is 5.56 Å². The predicted octanol–water partition coefficient (Wildman–Crippen LogP) is 3.53. The standard InChI is InChI=1S/C20H21FO2/c1-19(22)14-9-5-6-10-15(14)20(2,23)18-16(21)11-12-7-3-4-8-13(12)17(18)19/h5-6,9-11,22-23H,3-4,7-8H2,1-2H3. The quantitative estimate of drug-likeness (QED) is 0.781. The van der Waals surface area contributed by atoms with Gasteiger partial charge in [-0.1, -0.05) is 24.3 Å². The molecule has 4 rings (SSSR count). The van der Waals surface area contributed by atoms with Crippen molar-refractivity contribution in [3.8, 4) is 0 Å². The highest BCUT2D eigenvalue weighted by molar-refractivity contribution is 5.60. The Morgan fingerprint density at radius 1 is 0.913 bits per heavy atom. The maximum Gasteiger partial charge on any atom is 0.130 e. The summed E-state index contributed by atoms with van der Waals surface area (Å²) < 4.78 is 14.9. The van der Waals surface area contributed by atoms with Gasteiger partial charge in [0.2, 0.25) is 0 Å². The molecule has 0 fully saturated rings. The Balaban J connectivity index is 2.14. The molecule has 2 N–H and O–H groups in total. The van der Waals surface area contributed by atoms with Gasteiger partial charge in [0.15, 0.2) is 0 Å². The molecule has 2 aromatic carbocycles. The molecule has 2 aliphatic carbocycles. The summed E-state index contributed by atoms with van der Waals surface area (Å²) in [6.45, 7) is 3.34. The summed E-state index contributed by atoms with van der Waals surface area (Å²) in [6.07, 6.45) is 3.73. The van der Waals surface area contributed by atoms with Gasteiger partial charge in [-0.25, -0.2) is 4.39 Å². The molecule has 0 saturated carbocycles.